The van der Waals surface area contributed by atoms with Crippen molar-refractivity contribution >= 4 is 44.1 Å². The number of anilines is 1. The summed E-state index contributed by atoms with van der Waals surface area (Å²) in [6.45, 7) is 3.27. The van der Waals surface area contributed by atoms with Gasteiger partial charge in [-0.1, -0.05) is 18.5 Å². The molecule has 0 aliphatic carbocycles. The van der Waals surface area contributed by atoms with Crippen LogP contribution in [0.3, 0.4) is 0 Å². The number of aromatic nitrogens is 2. The number of nitrogens with one attached hydrogen (secondary N) is 2. The van der Waals surface area contributed by atoms with Gasteiger partial charge >= 0.3 is 0 Å². The average molecular weight is 437 g/mol. The van der Waals surface area contributed by atoms with E-state index >= 15 is 0 Å². The number of hydrogen-bond acceptors (Lipinski definition) is 5. The van der Waals surface area contributed by atoms with Gasteiger partial charge in [-0.05, 0) is 42.8 Å². The van der Waals surface area contributed by atoms with Crippen LogP contribution in [0, 0.1) is 6.92 Å². The Morgan fingerprint density at radius 1 is 1.31 bits per heavy atom. The predicted molar refractivity (Wildman–Crippen MR) is 112 cm³/mol. The molecule has 154 valence electrons. The summed E-state index contributed by atoms with van der Waals surface area (Å²) in [5.74, 6) is -0.00406. The third-order valence-corrected chi connectivity index (χ3v) is 6.62. The smallest absolute Gasteiger partial charge is 0.245 e. The standard InChI is InChI=1S/C19H21ClN4O4S/c1-4-24(11-18(25)22-14-5-6-16(28-3)15(20)9-14)29(26,27)17-8-12(2)7-13-10-21-23-19(13)17/h5-10H,4,11H2,1-3H3,(H,21,23)(H,22,25). The largest absolute Gasteiger partial charge is 0.495 e. The van der Waals surface area contributed by atoms with Crippen LogP contribution in [-0.2, 0) is 14.8 Å². The highest BCUT2D eigenvalue weighted by atomic mass is 35.5. The number of aryl methyl sites for hydroxylation is 1. The second-order valence-electron chi connectivity index (χ2n) is 6.43. The zero-order valence-corrected chi connectivity index (χ0v) is 17.8. The lowest BCUT2D eigenvalue weighted by atomic mass is 10.2. The van der Waals surface area contributed by atoms with Crippen molar-refractivity contribution < 1.29 is 17.9 Å². The summed E-state index contributed by atoms with van der Waals surface area (Å²) in [6.07, 6.45) is 1.57. The number of aromatic amines is 1. The first-order chi connectivity index (χ1) is 13.8. The van der Waals surface area contributed by atoms with E-state index in [0.29, 0.717) is 27.4 Å². The second kappa shape index (κ2) is 8.40. The summed E-state index contributed by atoms with van der Waals surface area (Å²) in [7, 11) is -2.43. The number of fused-ring (bicyclic) bond motifs is 1. The maximum atomic E-state index is 13.2. The molecule has 3 rings (SSSR count). The van der Waals surface area contributed by atoms with Gasteiger partial charge in [-0.2, -0.15) is 9.40 Å². The van der Waals surface area contributed by atoms with Crippen molar-refractivity contribution in [1.29, 1.82) is 0 Å². The van der Waals surface area contributed by atoms with Crippen LogP contribution in [0.5, 0.6) is 5.75 Å². The Hall–Kier alpha value is -2.62. The van der Waals surface area contributed by atoms with E-state index in [4.69, 9.17) is 16.3 Å². The highest BCUT2D eigenvalue weighted by Gasteiger charge is 2.28. The summed E-state index contributed by atoms with van der Waals surface area (Å²) in [6, 6.07) is 8.20. The summed E-state index contributed by atoms with van der Waals surface area (Å²) in [5.41, 5.74) is 1.64. The summed E-state index contributed by atoms with van der Waals surface area (Å²) in [4.78, 5) is 12.6. The fourth-order valence-electron chi connectivity index (χ4n) is 2.98. The maximum absolute atomic E-state index is 13.2. The molecule has 0 radical (unpaired) electrons. The first-order valence-corrected chi connectivity index (χ1v) is 10.6. The van der Waals surface area contributed by atoms with E-state index in [9.17, 15) is 13.2 Å². The Bertz CT molecular complexity index is 1160. The van der Waals surface area contributed by atoms with Gasteiger partial charge in [0, 0.05) is 17.6 Å². The van der Waals surface area contributed by atoms with E-state index in [-0.39, 0.29) is 18.0 Å². The number of methoxy groups -OCH3 is 1. The Balaban J connectivity index is 1.84. The molecule has 1 amide bonds. The lowest BCUT2D eigenvalue weighted by molar-refractivity contribution is -0.116. The van der Waals surface area contributed by atoms with Crippen molar-refractivity contribution in [3.63, 3.8) is 0 Å². The Labute approximate surface area is 173 Å². The number of likely N-dealkylation sites (N-methyl/N-ethyl adjacent to an activating group) is 1. The van der Waals surface area contributed by atoms with Gasteiger partial charge < -0.3 is 10.1 Å². The molecule has 10 heteroatoms. The van der Waals surface area contributed by atoms with Crippen molar-refractivity contribution in [2.75, 3.05) is 25.5 Å². The number of amides is 1. The van der Waals surface area contributed by atoms with Gasteiger partial charge in [0.15, 0.2) is 0 Å². The topological polar surface area (TPSA) is 104 Å². The van der Waals surface area contributed by atoms with Gasteiger partial charge in [-0.25, -0.2) is 8.42 Å². The molecule has 1 heterocycles. The quantitative estimate of drug-likeness (QED) is 0.591. The van der Waals surface area contributed by atoms with Crippen molar-refractivity contribution in [2.24, 2.45) is 0 Å². The molecule has 0 spiro atoms. The Morgan fingerprint density at radius 3 is 2.72 bits per heavy atom. The lowest BCUT2D eigenvalue weighted by Crippen LogP contribution is -2.38. The van der Waals surface area contributed by atoms with E-state index < -0.39 is 15.9 Å². The summed E-state index contributed by atoms with van der Waals surface area (Å²) < 4.78 is 32.6. The first-order valence-electron chi connectivity index (χ1n) is 8.83. The van der Waals surface area contributed by atoms with E-state index in [0.717, 1.165) is 9.87 Å². The van der Waals surface area contributed by atoms with Gasteiger partial charge in [0.1, 0.15) is 10.6 Å². The molecule has 0 unspecified atom stereocenters. The monoisotopic (exact) mass is 436 g/mol. The van der Waals surface area contributed by atoms with Crippen LogP contribution in [0.4, 0.5) is 5.69 Å². The lowest BCUT2D eigenvalue weighted by Gasteiger charge is -2.21. The molecular weight excluding hydrogens is 416 g/mol. The molecular formula is C19H21ClN4O4S. The molecule has 0 aliphatic rings. The zero-order chi connectivity index (χ0) is 21.2. The minimum absolute atomic E-state index is 0.0899. The molecule has 1 aromatic heterocycles. The van der Waals surface area contributed by atoms with Crippen molar-refractivity contribution in [3.8, 4) is 5.75 Å². The van der Waals surface area contributed by atoms with E-state index in [1.807, 2.05) is 13.0 Å². The number of H-pyrrole nitrogens is 1. The van der Waals surface area contributed by atoms with Gasteiger partial charge in [-0.3, -0.25) is 9.89 Å². The van der Waals surface area contributed by atoms with Crippen molar-refractivity contribution in [3.05, 3.63) is 47.1 Å². The van der Waals surface area contributed by atoms with Crippen LogP contribution in [-0.4, -0.2) is 49.0 Å². The first kappa shape index (κ1) is 21.1. The van der Waals surface area contributed by atoms with E-state index in [1.165, 1.54) is 13.2 Å². The third kappa shape index (κ3) is 4.36. The summed E-state index contributed by atoms with van der Waals surface area (Å²) >= 11 is 6.07. The molecule has 0 atom stereocenters. The molecule has 0 saturated heterocycles. The minimum atomic E-state index is -3.92. The average Bonchev–Trinajstić information content (AvgIpc) is 3.13. The van der Waals surface area contributed by atoms with Crippen LogP contribution in [0.15, 0.2) is 41.4 Å². The van der Waals surface area contributed by atoms with Gasteiger partial charge in [-0.15, -0.1) is 0 Å². The maximum Gasteiger partial charge on any atom is 0.245 e. The molecule has 0 fully saturated rings. The van der Waals surface area contributed by atoms with Crippen LogP contribution < -0.4 is 10.1 Å². The number of sulfonamides is 1. The second-order valence-corrected chi connectivity index (χ2v) is 8.74. The fraction of sp³-hybridized carbons (Fsp3) is 0.263. The number of hydrogen-bond donors (Lipinski definition) is 2. The molecule has 0 saturated carbocycles. The third-order valence-electron chi connectivity index (χ3n) is 4.38. The molecule has 2 aromatic carbocycles. The van der Waals surface area contributed by atoms with Crippen molar-refractivity contribution in [1.82, 2.24) is 14.5 Å². The molecule has 0 aliphatic heterocycles. The number of halogens is 1. The van der Waals surface area contributed by atoms with E-state index in [1.54, 1.807) is 31.3 Å². The molecule has 8 nitrogen and oxygen atoms in total. The van der Waals surface area contributed by atoms with Crippen LogP contribution >= 0.6 is 11.6 Å². The van der Waals surface area contributed by atoms with Crippen LogP contribution in [0.1, 0.15) is 12.5 Å². The van der Waals surface area contributed by atoms with Crippen molar-refractivity contribution in [2.45, 2.75) is 18.7 Å². The number of benzene rings is 2. The predicted octanol–water partition coefficient (Wildman–Crippen LogP) is 3.18. The number of carbonyl (C=O) groups is 1. The number of nitrogens with zero attached hydrogens (tertiary/aromatic N) is 2. The molecule has 2 N–H and O–H groups in total. The fourth-order valence-corrected chi connectivity index (χ4v) is 4.90. The molecule has 29 heavy (non-hydrogen) atoms. The van der Waals surface area contributed by atoms with E-state index in [2.05, 4.69) is 15.5 Å². The molecule has 3 aromatic rings. The highest BCUT2D eigenvalue weighted by Crippen LogP contribution is 2.28. The van der Waals surface area contributed by atoms with Gasteiger partial charge in [0.25, 0.3) is 0 Å². The van der Waals surface area contributed by atoms with Crippen LogP contribution in [0.25, 0.3) is 10.9 Å². The Morgan fingerprint density at radius 2 is 2.07 bits per heavy atom. The number of rotatable bonds is 7. The normalized spacial score (nSPS) is 11.8. The number of carbonyl (C=O) groups excluding carboxylic acids is 1. The zero-order valence-electron chi connectivity index (χ0n) is 16.2. The minimum Gasteiger partial charge on any atom is -0.495 e. The Kier molecular flexibility index (Phi) is 6.11. The van der Waals surface area contributed by atoms with Gasteiger partial charge in [0.2, 0.25) is 15.9 Å². The van der Waals surface area contributed by atoms with Gasteiger partial charge in [0.05, 0.1) is 30.4 Å². The highest BCUT2D eigenvalue weighted by molar-refractivity contribution is 7.89. The summed E-state index contributed by atoms with van der Waals surface area (Å²) in [5, 5.41) is 10.4. The van der Waals surface area contributed by atoms with Crippen LogP contribution in [0.2, 0.25) is 5.02 Å². The SMILES string of the molecule is CCN(CC(=O)Nc1ccc(OC)c(Cl)c1)S(=O)(=O)c1cc(C)cc2cn[nH]c12. The molecule has 0 bridgehead atoms. The number of ether oxygens (including phenoxy) is 1.